The number of nitrogens with one attached hydrogen (secondary N) is 1. The van der Waals surface area contributed by atoms with Gasteiger partial charge in [0.1, 0.15) is 24.1 Å². The van der Waals surface area contributed by atoms with Crippen LogP contribution in [0.3, 0.4) is 0 Å². The van der Waals surface area contributed by atoms with Crippen LogP contribution < -0.4 is 11.1 Å². The quantitative estimate of drug-likeness (QED) is 0.606. The summed E-state index contributed by atoms with van der Waals surface area (Å²) >= 11 is 5.77. The number of carbonyl (C=O) groups excluding carboxylic acids is 1. The molecule has 3 N–H and O–H groups in total. The fraction of sp³-hybridized carbons (Fsp3) is 0.421. The Morgan fingerprint density at radius 1 is 1.36 bits per heavy atom. The molecule has 1 aromatic carbocycles. The first-order chi connectivity index (χ1) is 15.5. The zero-order valence-corrected chi connectivity index (χ0v) is 17.3. The SMILES string of the molecule is NC1=N[C@](CF)(c2cc(NC(=O)c3nn(C(F)F)cc3Cl)ccc2F)[C@H]2CC(F)(F)C[C@H]2O1. The van der Waals surface area contributed by atoms with Gasteiger partial charge in [0.15, 0.2) is 5.69 Å². The number of benzene rings is 1. The van der Waals surface area contributed by atoms with Crippen LogP contribution in [0.25, 0.3) is 0 Å². The molecule has 0 saturated heterocycles. The van der Waals surface area contributed by atoms with Gasteiger partial charge in [-0.15, -0.1) is 0 Å². The zero-order chi connectivity index (χ0) is 24.1. The predicted molar refractivity (Wildman–Crippen MR) is 105 cm³/mol. The maximum Gasteiger partial charge on any atom is 0.333 e. The van der Waals surface area contributed by atoms with Gasteiger partial charge in [-0.2, -0.15) is 13.9 Å². The molecule has 2 heterocycles. The fourth-order valence-corrected chi connectivity index (χ4v) is 4.47. The molecule has 0 spiro atoms. The van der Waals surface area contributed by atoms with Crippen molar-refractivity contribution in [1.29, 1.82) is 0 Å². The second kappa shape index (κ2) is 8.12. The van der Waals surface area contributed by atoms with E-state index in [0.717, 1.165) is 24.4 Å². The Morgan fingerprint density at radius 3 is 2.73 bits per heavy atom. The third-order valence-corrected chi connectivity index (χ3v) is 5.94. The molecule has 0 unspecified atom stereocenters. The summed E-state index contributed by atoms with van der Waals surface area (Å²) in [5.41, 5.74) is 2.41. The number of amides is 1. The molecular formula is C19H16ClF6N5O2. The Bertz CT molecular complexity index is 1130. The summed E-state index contributed by atoms with van der Waals surface area (Å²) in [6, 6.07) is 2.43. The molecule has 1 fully saturated rings. The molecule has 1 aromatic heterocycles. The molecule has 0 radical (unpaired) electrons. The highest BCUT2D eigenvalue weighted by atomic mass is 35.5. The number of anilines is 1. The Kier molecular flexibility index (Phi) is 5.71. The maximum absolute atomic E-state index is 14.8. The van der Waals surface area contributed by atoms with Gasteiger partial charge < -0.3 is 15.8 Å². The number of alkyl halides is 5. The smallest absolute Gasteiger partial charge is 0.333 e. The number of aromatic nitrogens is 2. The van der Waals surface area contributed by atoms with E-state index in [-0.39, 0.29) is 15.4 Å². The minimum Gasteiger partial charge on any atom is -0.461 e. The molecule has 2 aromatic rings. The summed E-state index contributed by atoms with van der Waals surface area (Å²) < 4.78 is 88.3. The molecule has 1 aliphatic carbocycles. The van der Waals surface area contributed by atoms with Crippen LogP contribution in [0, 0.1) is 11.7 Å². The van der Waals surface area contributed by atoms with E-state index in [1.165, 1.54) is 0 Å². The van der Waals surface area contributed by atoms with Gasteiger partial charge in [0.05, 0.1) is 11.2 Å². The summed E-state index contributed by atoms with van der Waals surface area (Å²) in [5, 5.41) is 5.31. The van der Waals surface area contributed by atoms with Crippen molar-refractivity contribution in [3.8, 4) is 0 Å². The topological polar surface area (TPSA) is 94.5 Å². The number of carbonyl (C=O) groups is 1. The predicted octanol–water partition coefficient (Wildman–Crippen LogP) is 4.25. The lowest BCUT2D eigenvalue weighted by Crippen LogP contribution is -2.48. The summed E-state index contributed by atoms with van der Waals surface area (Å²) in [7, 11) is 0. The minimum atomic E-state index is -3.20. The number of hydrogen-bond donors (Lipinski definition) is 2. The molecule has 1 aliphatic heterocycles. The van der Waals surface area contributed by atoms with Crippen LogP contribution in [0.4, 0.5) is 32.0 Å². The molecule has 178 valence electrons. The van der Waals surface area contributed by atoms with E-state index in [4.69, 9.17) is 22.1 Å². The highest BCUT2D eigenvalue weighted by Gasteiger charge is 2.60. The lowest BCUT2D eigenvalue weighted by molar-refractivity contribution is -0.00300. The maximum atomic E-state index is 14.8. The van der Waals surface area contributed by atoms with E-state index >= 15 is 0 Å². The van der Waals surface area contributed by atoms with Crippen molar-refractivity contribution >= 4 is 29.2 Å². The van der Waals surface area contributed by atoms with Crippen molar-refractivity contribution in [2.24, 2.45) is 16.6 Å². The molecule has 3 atom stereocenters. The highest BCUT2D eigenvalue weighted by molar-refractivity contribution is 6.34. The first-order valence-electron chi connectivity index (χ1n) is 9.56. The van der Waals surface area contributed by atoms with Gasteiger partial charge in [-0.3, -0.25) is 4.79 Å². The van der Waals surface area contributed by atoms with Crippen LogP contribution in [0.2, 0.25) is 5.02 Å². The standard InChI is InChI=1S/C19H16ClF6N5O2/c20-11-6-31(16(23)24)30-14(11)15(32)28-8-1-2-12(22)9(3-8)19(7-21)10-4-18(25,26)5-13(10)33-17(27)29-19/h1-3,6,10,13,16H,4-5,7H2,(H2,27,29)(H,28,32)/t10-,13+,19+/m0/s1. The molecule has 33 heavy (non-hydrogen) atoms. The number of hydrogen-bond acceptors (Lipinski definition) is 5. The molecule has 14 heteroatoms. The first-order valence-corrected chi connectivity index (χ1v) is 9.93. The Balaban J connectivity index is 1.71. The van der Waals surface area contributed by atoms with Crippen LogP contribution in [0.15, 0.2) is 29.4 Å². The van der Waals surface area contributed by atoms with Gasteiger partial charge >= 0.3 is 6.55 Å². The monoisotopic (exact) mass is 495 g/mol. The number of ether oxygens (including phenoxy) is 1. The fourth-order valence-electron chi connectivity index (χ4n) is 4.24. The average Bonchev–Trinajstić information content (AvgIpc) is 3.27. The second-order valence-electron chi connectivity index (χ2n) is 7.77. The number of rotatable bonds is 5. The summed E-state index contributed by atoms with van der Waals surface area (Å²) in [4.78, 5) is 16.3. The van der Waals surface area contributed by atoms with Crippen molar-refractivity contribution in [2.45, 2.75) is 37.0 Å². The number of nitrogens with zero attached hydrogens (tertiary/aromatic N) is 3. The zero-order valence-electron chi connectivity index (χ0n) is 16.5. The van der Waals surface area contributed by atoms with Gasteiger partial charge in [-0.05, 0) is 18.2 Å². The minimum absolute atomic E-state index is 0.103. The Hall–Kier alpha value is -2.96. The van der Waals surface area contributed by atoms with Gasteiger partial charge in [0, 0.05) is 30.0 Å². The van der Waals surface area contributed by atoms with Crippen molar-refractivity contribution in [3.63, 3.8) is 0 Å². The van der Waals surface area contributed by atoms with Gasteiger partial charge in [-0.25, -0.2) is 27.2 Å². The van der Waals surface area contributed by atoms with Crippen molar-refractivity contribution in [3.05, 3.63) is 46.5 Å². The molecule has 7 nitrogen and oxygen atoms in total. The van der Waals surface area contributed by atoms with Crippen LogP contribution in [-0.4, -0.2) is 40.4 Å². The molecule has 0 bridgehead atoms. The van der Waals surface area contributed by atoms with Crippen LogP contribution >= 0.6 is 11.6 Å². The summed E-state index contributed by atoms with van der Waals surface area (Å²) in [6.45, 7) is -4.41. The molecule has 1 amide bonds. The van der Waals surface area contributed by atoms with Gasteiger partial charge in [0.2, 0.25) is 0 Å². The normalized spacial score (nSPS) is 26.0. The van der Waals surface area contributed by atoms with Crippen molar-refractivity contribution in [1.82, 2.24) is 9.78 Å². The van der Waals surface area contributed by atoms with E-state index in [1.807, 2.05) is 0 Å². The third-order valence-electron chi connectivity index (χ3n) is 5.66. The lowest BCUT2D eigenvalue weighted by Gasteiger charge is -2.40. The van der Waals surface area contributed by atoms with Crippen LogP contribution in [0.5, 0.6) is 0 Å². The molecule has 1 saturated carbocycles. The number of nitrogens with two attached hydrogens (primary N) is 1. The number of aliphatic imine (C=N–C) groups is 1. The molecule has 2 aliphatic rings. The van der Waals surface area contributed by atoms with Crippen molar-refractivity contribution < 1.29 is 35.9 Å². The van der Waals surface area contributed by atoms with Gasteiger partial charge in [-0.1, -0.05) is 11.6 Å². The van der Waals surface area contributed by atoms with E-state index in [9.17, 15) is 31.1 Å². The lowest BCUT2D eigenvalue weighted by atomic mass is 9.76. The number of halogens is 7. The Labute approximate surface area is 187 Å². The molecule has 4 rings (SSSR count). The number of fused-ring (bicyclic) bond motifs is 1. The largest absolute Gasteiger partial charge is 0.461 e. The highest BCUT2D eigenvalue weighted by Crippen LogP contribution is 2.53. The van der Waals surface area contributed by atoms with E-state index in [1.54, 1.807) is 0 Å². The third kappa shape index (κ3) is 4.09. The Morgan fingerprint density at radius 2 is 2.09 bits per heavy atom. The van der Waals surface area contributed by atoms with Crippen LogP contribution in [-0.2, 0) is 10.3 Å². The average molecular weight is 496 g/mol. The summed E-state index contributed by atoms with van der Waals surface area (Å²) in [6.07, 6.45) is -1.99. The van der Waals surface area contributed by atoms with E-state index in [0.29, 0.717) is 0 Å². The first kappa shape index (κ1) is 23.2. The van der Waals surface area contributed by atoms with Gasteiger partial charge in [0.25, 0.3) is 17.9 Å². The van der Waals surface area contributed by atoms with E-state index in [2.05, 4.69) is 15.4 Å². The summed E-state index contributed by atoms with van der Waals surface area (Å²) in [5.74, 6) is -6.41. The van der Waals surface area contributed by atoms with E-state index < -0.39 is 78.6 Å². The number of amidine groups is 1. The van der Waals surface area contributed by atoms with Crippen LogP contribution in [0.1, 0.15) is 35.4 Å². The van der Waals surface area contributed by atoms with Crippen molar-refractivity contribution in [2.75, 3.05) is 12.0 Å². The second-order valence-corrected chi connectivity index (χ2v) is 8.17. The molecular weight excluding hydrogens is 480 g/mol.